The zero-order valence-corrected chi connectivity index (χ0v) is 14.5. The molecule has 0 atom stereocenters. The first-order chi connectivity index (χ1) is 12.4. The average Bonchev–Trinajstić information content (AvgIpc) is 2.77. The van der Waals surface area contributed by atoms with E-state index < -0.39 is 11.7 Å². The molecule has 0 amide bonds. The predicted molar refractivity (Wildman–Crippen MR) is 97.6 cm³/mol. The third kappa shape index (κ3) is 3.21. The van der Waals surface area contributed by atoms with E-state index in [0.29, 0.717) is 11.4 Å². The van der Waals surface area contributed by atoms with Crippen LogP contribution in [0.5, 0.6) is 0 Å². The molecule has 26 heavy (non-hydrogen) atoms. The highest BCUT2D eigenvalue weighted by molar-refractivity contribution is 6.10. The van der Waals surface area contributed by atoms with Gasteiger partial charge in [-0.2, -0.15) is 13.2 Å². The lowest BCUT2D eigenvalue weighted by Gasteiger charge is -2.30. The predicted octanol–water partition coefficient (Wildman–Crippen LogP) is 5.23. The van der Waals surface area contributed by atoms with Gasteiger partial charge in [0.2, 0.25) is 0 Å². The fraction of sp³-hybridized carbons (Fsp3) is 0.350. The molecule has 0 aliphatic carbocycles. The van der Waals surface area contributed by atoms with Crippen molar-refractivity contribution in [1.82, 2.24) is 4.90 Å². The van der Waals surface area contributed by atoms with Crippen LogP contribution in [0.1, 0.15) is 24.0 Å². The minimum Gasteiger partial charge on any atom is -0.353 e. The second-order valence-electron chi connectivity index (χ2n) is 6.97. The molecule has 6 heteroatoms. The summed E-state index contributed by atoms with van der Waals surface area (Å²) in [6.45, 7) is 1.93. The molecule has 2 aromatic carbocycles. The standard InChI is InChI=1S/C20H20F3N3/c1-26-10-8-13(9-11-26)19-15-4-2-3-5-16(15)24-17-7-6-14(20(21,22)23)12-18(17)25-19/h2-7,12-13,24H,8-11H2,1H3. The van der Waals surface area contributed by atoms with Gasteiger partial charge in [-0.25, -0.2) is 0 Å². The average molecular weight is 359 g/mol. The topological polar surface area (TPSA) is 27.6 Å². The van der Waals surface area contributed by atoms with Crippen molar-refractivity contribution in [2.45, 2.75) is 19.0 Å². The van der Waals surface area contributed by atoms with Crippen LogP contribution in [0.15, 0.2) is 47.5 Å². The largest absolute Gasteiger partial charge is 0.416 e. The Kier molecular flexibility index (Phi) is 4.23. The van der Waals surface area contributed by atoms with Crippen LogP contribution in [0.2, 0.25) is 0 Å². The van der Waals surface area contributed by atoms with Gasteiger partial charge in [0.1, 0.15) is 0 Å². The van der Waals surface area contributed by atoms with Gasteiger partial charge < -0.3 is 10.2 Å². The normalized spacial score (nSPS) is 18.4. The van der Waals surface area contributed by atoms with Gasteiger partial charge in [-0.3, -0.25) is 4.99 Å². The molecule has 4 rings (SSSR count). The number of anilines is 2. The molecule has 0 bridgehead atoms. The van der Waals surface area contributed by atoms with Crippen LogP contribution in [0.4, 0.5) is 30.2 Å². The van der Waals surface area contributed by atoms with E-state index in [-0.39, 0.29) is 5.92 Å². The molecule has 136 valence electrons. The van der Waals surface area contributed by atoms with Gasteiger partial charge in [-0.15, -0.1) is 0 Å². The summed E-state index contributed by atoms with van der Waals surface area (Å²) in [6.07, 6.45) is -2.46. The van der Waals surface area contributed by atoms with Gasteiger partial charge >= 0.3 is 6.18 Å². The first-order valence-corrected chi connectivity index (χ1v) is 8.76. The maximum atomic E-state index is 13.1. The van der Waals surface area contributed by atoms with Gasteiger partial charge in [-0.05, 0) is 57.2 Å². The summed E-state index contributed by atoms with van der Waals surface area (Å²) in [5.74, 6) is 0.245. The van der Waals surface area contributed by atoms with E-state index >= 15 is 0 Å². The van der Waals surface area contributed by atoms with Crippen LogP contribution in [-0.4, -0.2) is 30.7 Å². The van der Waals surface area contributed by atoms with E-state index in [0.717, 1.165) is 55.0 Å². The summed E-state index contributed by atoms with van der Waals surface area (Å²) >= 11 is 0. The van der Waals surface area contributed by atoms with Gasteiger partial charge in [0.25, 0.3) is 0 Å². The lowest BCUT2D eigenvalue weighted by molar-refractivity contribution is -0.137. The lowest BCUT2D eigenvalue weighted by Crippen LogP contribution is -2.33. The summed E-state index contributed by atoms with van der Waals surface area (Å²) in [6, 6.07) is 11.5. The number of likely N-dealkylation sites (tertiary alicyclic amines) is 1. The number of rotatable bonds is 1. The Bertz CT molecular complexity index is 850. The van der Waals surface area contributed by atoms with Gasteiger partial charge in [0.05, 0.1) is 22.6 Å². The Morgan fingerprint density at radius 3 is 2.50 bits per heavy atom. The van der Waals surface area contributed by atoms with E-state index in [1.54, 1.807) is 0 Å². The number of hydrogen-bond acceptors (Lipinski definition) is 3. The molecule has 2 aromatic rings. The number of nitrogens with one attached hydrogen (secondary N) is 1. The van der Waals surface area contributed by atoms with Crippen LogP contribution in [0.3, 0.4) is 0 Å². The zero-order chi connectivity index (χ0) is 18.3. The Morgan fingerprint density at radius 2 is 1.77 bits per heavy atom. The number of aliphatic imine (C=N–C) groups is 1. The van der Waals surface area contributed by atoms with E-state index in [1.165, 1.54) is 6.07 Å². The Morgan fingerprint density at radius 1 is 1.04 bits per heavy atom. The number of para-hydroxylation sites is 1. The van der Waals surface area contributed by atoms with Crippen molar-refractivity contribution in [3.8, 4) is 0 Å². The highest BCUT2D eigenvalue weighted by atomic mass is 19.4. The molecule has 2 heterocycles. The van der Waals surface area contributed by atoms with Crippen LogP contribution >= 0.6 is 0 Å². The molecular formula is C20H20F3N3. The van der Waals surface area contributed by atoms with Crippen molar-refractivity contribution in [1.29, 1.82) is 0 Å². The molecule has 2 aliphatic heterocycles. The lowest BCUT2D eigenvalue weighted by atomic mass is 9.87. The van der Waals surface area contributed by atoms with E-state index in [1.807, 2.05) is 24.3 Å². The third-order valence-corrected chi connectivity index (χ3v) is 5.14. The number of hydrogen-bond donors (Lipinski definition) is 1. The van der Waals surface area contributed by atoms with E-state index in [4.69, 9.17) is 4.99 Å². The van der Waals surface area contributed by atoms with Crippen LogP contribution in [0, 0.1) is 5.92 Å². The minimum atomic E-state index is -4.38. The Hall–Kier alpha value is -2.34. The Labute approximate surface area is 150 Å². The SMILES string of the molecule is CN1CCC(C2=Nc3cc(C(F)(F)F)ccc3Nc3ccccc32)CC1. The second-order valence-corrected chi connectivity index (χ2v) is 6.97. The highest BCUT2D eigenvalue weighted by Crippen LogP contribution is 2.40. The molecule has 2 aliphatic rings. The summed E-state index contributed by atoms with van der Waals surface area (Å²) in [5.41, 5.74) is 3.04. The monoisotopic (exact) mass is 359 g/mol. The molecule has 0 spiro atoms. The summed E-state index contributed by atoms with van der Waals surface area (Å²) < 4.78 is 39.4. The van der Waals surface area contributed by atoms with Crippen LogP contribution in [0.25, 0.3) is 0 Å². The number of halogens is 3. The molecule has 0 aromatic heterocycles. The van der Waals surface area contributed by atoms with Crippen LogP contribution < -0.4 is 5.32 Å². The van der Waals surface area contributed by atoms with Crippen molar-refractivity contribution in [2.24, 2.45) is 10.9 Å². The summed E-state index contributed by atoms with van der Waals surface area (Å²) in [4.78, 5) is 7.01. The van der Waals surface area contributed by atoms with Crippen LogP contribution in [-0.2, 0) is 6.18 Å². The molecule has 0 saturated carbocycles. The quantitative estimate of drug-likeness (QED) is 0.755. The fourth-order valence-corrected chi connectivity index (χ4v) is 3.65. The van der Waals surface area contributed by atoms with E-state index in [2.05, 4.69) is 17.3 Å². The summed E-state index contributed by atoms with van der Waals surface area (Å²) in [5, 5.41) is 3.27. The van der Waals surface area contributed by atoms with Crippen molar-refractivity contribution < 1.29 is 13.2 Å². The molecule has 0 unspecified atom stereocenters. The van der Waals surface area contributed by atoms with Crippen molar-refractivity contribution in [3.05, 3.63) is 53.6 Å². The van der Waals surface area contributed by atoms with Crippen molar-refractivity contribution >= 4 is 22.8 Å². The highest BCUT2D eigenvalue weighted by Gasteiger charge is 2.32. The molecule has 1 N–H and O–H groups in total. The van der Waals surface area contributed by atoms with Gasteiger partial charge in [0, 0.05) is 17.2 Å². The number of fused-ring (bicyclic) bond motifs is 2. The van der Waals surface area contributed by atoms with Gasteiger partial charge in [-0.1, -0.05) is 18.2 Å². The first-order valence-electron chi connectivity index (χ1n) is 8.76. The Balaban J connectivity index is 1.83. The molecule has 1 fully saturated rings. The van der Waals surface area contributed by atoms with Gasteiger partial charge in [0.15, 0.2) is 0 Å². The number of alkyl halides is 3. The first kappa shape index (κ1) is 17.1. The number of nitrogens with zero attached hydrogens (tertiary/aromatic N) is 2. The third-order valence-electron chi connectivity index (χ3n) is 5.14. The maximum absolute atomic E-state index is 13.1. The second kappa shape index (κ2) is 6.43. The molecule has 1 saturated heterocycles. The summed E-state index contributed by atoms with van der Waals surface area (Å²) in [7, 11) is 2.09. The minimum absolute atomic E-state index is 0.245. The number of benzene rings is 2. The molecule has 0 radical (unpaired) electrons. The smallest absolute Gasteiger partial charge is 0.353 e. The van der Waals surface area contributed by atoms with Crippen molar-refractivity contribution in [2.75, 3.05) is 25.5 Å². The van der Waals surface area contributed by atoms with Crippen molar-refractivity contribution in [3.63, 3.8) is 0 Å². The molecular weight excluding hydrogens is 339 g/mol. The maximum Gasteiger partial charge on any atom is 0.416 e. The zero-order valence-electron chi connectivity index (χ0n) is 14.5. The number of piperidine rings is 1. The molecule has 3 nitrogen and oxygen atoms in total. The van der Waals surface area contributed by atoms with E-state index in [9.17, 15) is 13.2 Å². The fourth-order valence-electron chi connectivity index (χ4n) is 3.65.